The van der Waals surface area contributed by atoms with E-state index in [0.29, 0.717) is 12.3 Å². The van der Waals surface area contributed by atoms with E-state index in [0.717, 1.165) is 37.0 Å². The third-order valence-corrected chi connectivity index (χ3v) is 3.61. The number of rotatable bonds is 3. The number of anilines is 1. The maximum atomic E-state index is 12.1. The molecule has 3 rings (SSSR count). The summed E-state index contributed by atoms with van der Waals surface area (Å²) in [4.78, 5) is 12.1. The molecule has 2 N–H and O–H groups in total. The number of carbonyl (C=O) groups is 1. The molecule has 0 spiro atoms. The maximum absolute atomic E-state index is 12.1. The van der Waals surface area contributed by atoms with Crippen LogP contribution in [0.2, 0.25) is 0 Å². The van der Waals surface area contributed by atoms with Gasteiger partial charge in [-0.2, -0.15) is 5.10 Å². The van der Waals surface area contributed by atoms with Gasteiger partial charge in [-0.25, -0.2) is 0 Å². The van der Waals surface area contributed by atoms with E-state index in [2.05, 4.69) is 27.7 Å². The first kappa shape index (κ1) is 13.8. The lowest BCUT2D eigenvalue weighted by Gasteiger charge is -2.10. The van der Waals surface area contributed by atoms with Gasteiger partial charge in [0, 0.05) is 18.4 Å². The van der Waals surface area contributed by atoms with Crippen LogP contribution in [-0.2, 0) is 9.53 Å². The highest BCUT2D eigenvalue weighted by molar-refractivity contribution is 5.97. The predicted octanol–water partition coefficient (Wildman–Crippen LogP) is 2.82. The molecule has 2 aliphatic rings. The van der Waals surface area contributed by atoms with Crippen LogP contribution in [0.3, 0.4) is 0 Å². The second-order valence-electron chi connectivity index (χ2n) is 5.16. The SMILES string of the molecule is O=C(Nc1c[nH]nc1C1=C/CC/C=C/C=C\1)C1CCCO1. The lowest BCUT2D eigenvalue weighted by molar-refractivity contribution is -0.124. The van der Waals surface area contributed by atoms with Crippen LogP contribution < -0.4 is 5.32 Å². The number of hydrogen-bond donors (Lipinski definition) is 2. The molecule has 1 unspecified atom stereocenters. The van der Waals surface area contributed by atoms with Crippen LogP contribution in [-0.4, -0.2) is 28.8 Å². The van der Waals surface area contributed by atoms with E-state index in [4.69, 9.17) is 4.74 Å². The number of carbonyl (C=O) groups excluding carboxylic acids is 1. The topological polar surface area (TPSA) is 67.0 Å². The van der Waals surface area contributed by atoms with Crippen molar-refractivity contribution in [1.82, 2.24) is 10.2 Å². The largest absolute Gasteiger partial charge is 0.368 e. The molecular weight excluding hydrogens is 266 g/mol. The van der Waals surface area contributed by atoms with Gasteiger partial charge in [0.25, 0.3) is 5.91 Å². The van der Waals surface area contributed by atoms with E-state index in [1.165, 1.54) is 0 Å². The monoisotopic (exact) mass is 285 g/mol. The van der Waals surface area contributed by atoms with E-state index in [1.807, 2.05) is 18.2 Å². The summed E-state index contributed by atoms with van der Waals surface area (Å²) in [5.41, 5.74) is 2.49. The van der Waals surface area contributed by atoms with Crippen molar-refractivity contribution in [2.75, 3.05) is 11.9 Å². The molecule has 1 aromatic rings. The highest BCUT2D eigenvalue weighted by Crippen LogP contribution is 2.25. The van der Waals surface area contributed by atoms with Crippen molar-refractivity contribution in [2.24, 2.45) is 0 Å². The summed E-state index contributed by atoms with van der Waals surface area (Å²) in [6, 6.07) is 0. The van der Waals surface area contributed by atoms with Crippen LogP contribution in [0.4, 0.5) is 5.69 Å². The van der Waals surface area contributed by atoms with Gasteiger partial charge in [-0.15, -0.1) is 0 Å². The molecule has 1 atom stereocenters. The Labute approximate surface area is 123 Å². The van der Waals surface area contributed by atoms with Gasteiger partial charge >= 0.3 is 0 Å². The molecule has 1 aliphatic carbocycles. The average Bonchev–Trinajstić information content (AvgIpc) is 3.09. The second-order valence-corrected chi connectivity index (χ2v) is 5.16. The van der Waals surface area contributed by atoms with Gasteiger partial charge in [-0.1, -0.05) is 30.4 Å². The third kappa shape index (κ3) is 3.31. The highest BCUT2D eigenvalue weighted by Gasteiger charge is 2.24. The average molecular weight is 285 g/mol. The van der Waals surface area contributed by atoms with Gasteiger partial charge in [0.2, 0.25) is 0 Å². The van der Waals surface area contributed by atoms with Crippen molar-refractivity contribution in [3.8, 4) is 0 Å². The molecule has 1 aromatic heterocycles. The Morgan fingerprint density at radius 2 is 2.33 bits per heavy atom. The Morgan fingerprint density at radius 1 is 1.38 bits per heavy atom. The summed E-state index contributed by atoms with van der Waals surface area (Å²) in [6.45, 7) is 0.663. The van der Waals surface area contributed by atoms with Crippen molar-refractivity contribution in [2.45, 2.75) is 31.8 Å². The number of aromatic nitrogens is 2. The van der Waals surface area contributed by atoms with Crippen LogP contribution in [0.25, 0.3) is 5.57 Å². The van der Waals surface area contributed by atoms with Crippen LogP contribution in [0.1, 0.15) is 31.4 Å². The van der Waals surface area contributed by atoms with E-state index in [-0.39, 0.29) is 12.0 Å². The van der Waals surface area contributed by atoms with Crippen molar-refractivity contribution < 1.29 is 9.53 Å². The van der Waals surface area contributed by atoms with Crippen LogP contribution in [0.15, 0.2) is 36.6 Å². The first-order valence-electron chi connectivity index (χ1n) is 7.34. The summed E-state index contributed by atoms with van der Waals surface area (Å²) in [6.07, 6.45) is 15.4. The second kappa shape index (κ2) is 6.54. The molecule has 1 amide bonds. The number of amides is 1. The first-order chi connectivity index (χ1) is 10.3. The molecule has 0 aromatic carbocycles. The quantitative estimate of drug-likeness (QED) is 0.897. The molecule has 0 saturated carbocycles. The van der Waals surface area contributed by atoms with E-state index in [1.54, 1.807) is 6.20 Å². The minimum absolute atomic E-state index is 0.0922. The number of hydrogen-bond acceptors (Lipinski definition) is 3. The fourth-order valence-corrected chi connectivity index (χ4v) is 2.52. The maximum Gasteiger partial charge on any atom is 0.253 e. The number of aromatic amines is 1. The fraction of sp³-hybridized carbons (Fsp3) is 0.375. The zero-order valence-corrected chi connectivity index (χ0v) is 11.8. The molecule has 5 nitrogen and oxygen atoms in total. The molecule has 5 heteroatoms. The van der Waals surface area contributed by atoms with Crippen LogP contribution >= 0.6 is 0 Å². The van der Waals surface area contributed by atoms with Crippen molar-refractivity contribution in [1.29, 1.82) is 0 Å². The summed E-state index contributed by atoms with van der Waals surface area (Å²) >= 11 is 0. The number of nitrogens with zero attached hydrogens (tertiary/aromatic N) is 1. The fourth-order valence-electron chi connectivity index (χ4n) is 2.52. The molecule has 1 aliphatic heterocycles. The molecule has 0 bridgehead atoms. The predicted molar refractivity (Wildman–Crippen MR) is 81.7 cm³/mol. The molecule has 2 heterocycles. The number of allylic oxidation sites excluding steroid dienone is 6. The third-order valence-electron chi connectivity index (χ3n) is 3.61. The van der Waals surface area contributed by atoms with Crippen LogP contribution in [0, 0.1) is 0 Å². The molecule has 21 heavy (non-hydrogen) atoms. The Morgan fingerprint density at radius 3 is 3.19 bits per heavy atom. The van der Waals surface area contributed by atoms with Gasteiger partial charge in [-0.05, 0) is 25.7 Å². The zero-order valence-electron chi connectivity index (χ0n) is 11.8. The molecule has 0 radical (unpaired) electrons. The van der Waals surface area contributed by atoms with Crippen LogP contribution in [0.5, 0.6) is 0 Å². The number of ether oxygens (including phenoxy) is 1. The number of nitrogens with one attached hydrogen (secondary N) is 2. The van der Waals surface area contributed by atoms with Gasteiger partial charge < -0.3 is 10.1 Å². The van der Waals surface area contributed by atoms with E-state index in [9.17, 15) is 4.79 Å². The van der Waals surface area contributed by atoms with Crippen molar-refractivity contribution in [3.05, 3.63) is 42.3 Å². The molecular formula is C16H19N3O2. The molecule has 110 valence electrons. The Bertz CT molecular complexity index is 592. The summed E-state index contributed by atoms with van der Waals surface area (Å²) in [5, 5.41) is 10.0. The summed E-state index contributed by atoms with van der Waals surface area (Å²) < 4.78 is 5.40. The highest BCUT2D eigenvalue weighted by atomic mass is 16.5. The minimum Gasteiger partial charge on any atom is -0.368 e. The summed E-state index contributed by atoms with van der Waals surface area (Å²) in [7, 11) is 0. The molecule has 1 saturated heterocycles. The van der Waals surface area contributed by atoms with Gasteiger partial charge in [0.15, 0.2) is 0 Å². The van der Waals surface area contributed by atoms with Gasteiger partial charge in [0.1, 0.15) is 11.8 Å². The zero-order chi connectivity index (χ0) is 14.5. The molecule has 1 fully saturated rings. The van der Waals surface area contributed by atoms with E-state index >= 15 is 0 Å². The van der Waals surface area contributed by atoms with Crippen molar-refractivity contribution in [3.63, 3.8) is 0 Å². The standard InChI is InChI=1S/C16H19N3O2/c20-16(14-9-6-10-21-14)18-13-11-17-19-15(13)12-7-4-2-1-3-5-8-12/h1-2,4,7-8,11,14H,3,5-6,9-10H2,(H,17,19)(H,18,20)/b2-1+,7-4-,12-8+. The smallest absolute Gasteiger partial charge is 0.253 e. The van der Waals surface area contributed by atoms with Gasteiger partial charge in [-0.3, -0.25) is 9.89 Å². The lowest BCUT2D eigenvalue weighted by atomic mass is 10.1. The first-order valence-corrected chi connectivity index (χ1v) is 7.34. The Balaban J connectivity index is 1.77. The normalized spacial score (nSPS) is 27.2. The van der Waals surface area contributed by atoms with E-state index < -0.39 is 0 Å². The Kier molecular flexibility index (Phi) is 4.31. The minimum atomic E-state index is -0.336. The number of H-pyrrole nitrogens is 1. The lowest BCUT2D eigenvalue weighted by Crippen LogP contribution is -2.27. The Hall–Kier alpha value is -2.14. The van der Waals surface area contributed by atoms with Crippen molar-refractivity contribution >= 4 is 17.2 Å². The summed E-state index contributed by atoms with van der Waals surface area (Å²) in [5.74, 6) is -0.0922. The van der Waals surface area contributed by atoms with Gasteiger partial charge in [0.05, 0.1) is 5.69 Å².